The molecule has 1 heterocycles. The van der Waals surface area contributed by atoms with Gasteiger partial charge in [-0.15, -0.1) is 0 Å². The van der Waals surface area contributed by atoms with Crippen molar-refractivity contribution in [2.45, 2.75) is 6.54 Å². The summed E-state index contributed by atoms with van der Waals surface area (Å²) in [4.78, 5) is 11.8. The van der Waals surface area contributed by atoms with E-state index in [9.17, 15) is 9.18 Å². The van der Waals surface area contributed by atoms with Crippen LogP contribution in [0.5, 0.6) is 0 Å². The summed E-state index contributed by atoms with van der Waals surface area (Å²) in [5, 5.41) is 12.4. The smallest absolute Gasteiger partial charge is 0.266 e. The van der Waals surface area contributed by atoms with E-state index in [2.05, 4.69) is 5.10 Å². The number of nitriles is 1. The van der Waals surface area contributed by atoms with Crippen LogP contribution in [-0.2, 0) is 6.54 Å². The van der Waals surface area contributed by atoms with E-state index >= 15 is 0 Å². The Balaban J connectivity index is 2.45. The molecule has 0 aliphatic heterocycles. The zero-order chi connectivity index (χ0) is 14.0. The van der Waals surface area contributed by atoms with Crippen molar-refractivity contribution in [1.82, 2.24) is 9.78 Å². The molecule has 7 heteroatoms. The Bertz CT molecular complexity index is 737. The molecule has 0 unspecified atom stereocenters. The normalized spacial score (nSPS) is 10.2. The predicted molar refractivity (Wildman–Crippen MR) is 68.7 cm³/mol. The molecule has 0 amide bonds. The van der Waals surface area contributed by atoms with Crippen molar-refractivity contribution >= 4 is 23.2 Å². The lowest BCUT2D eigenvalue weighted by Gasteiger charge is -2.07. The molecule has 4 nitrogen and oxygen atoms in total. The van der Waals surface area contributed by atoms with Gasteiger partial charge in [0.1, 0.15) is 10.8 Å². The highest BCUT2D eigenvalue weighted by Crippen LogP contribution is 2.16. The fraction of sp³-hybridized carbons (Fsp3) is 0.0833. The maximum Gasteiger partial charge on any atom is 0.287 e. The van der Waals surface area contributed by atoms with Crippen LogP contribution in [0, 0.1) is 17.1 Å². The first-order chi connectivity index (χ1) is 9.02. The molecule has 0 saturated heterocycles. The van der Waals surface area contributed by atoms with E-state index in [0.29, 0.717) is 5.56 Å². The van der Waals surface area contributed by atoms with Crippen molar-refractivity contribution in [1.29, 1.82) is 5.26 Å². The number of nitrogens with zero attached hydrogens (tertiary/aromatic N) is 3. The third-order valence-electron chi connectivity index (χ3n) is 2.44. The van der Waals surface area contributed by atoms with Crippen LogP contribution < -0.4 is 5.56 Å². The minimum atomic E-state index is -0.615. The van der Waals surface area contributed by atoms with Crippen LogP contribution in [0.3, 0.4) is 0 Å². The van der Waals surface area contributed by atoms with Gasteiger partial charge in [-0.25, -0.2) is 9.07 Å². The van der Waals surface area contributed by atoms with Crippen molar-refractivity contribution < 1.29 is 4.39 Å². The summed E-state index contributed by atoms with van der Waals surface area (Å²) in [6, 6.07) is 5.76. The zero-order valence-electron chi connectivity index (χ0n) is 9.40. The van der Waals surface area contributed by atoms with Gasteiger partial charge in [0.25, 0.3) is 5.56 Å². The molecule has 0 fully saturated rings. The van der Waals surface area contributed by atoms with E-state index in [1.165, 1.54) is 18.3 Å². The van der Waals surface area contributed by atoms with Crippen LogP contribution in [-0.4, -0.2) is 9.78 Å². The van der Waals surface area contributed by atoms with Crippen LogP contribution >= 0.6 is 23.2 Å². The number of rotatable bonds is 2. The van der Waals surface area contributed by atoms with Gasteiger partial charge in [-0.05, 0) is 18.2 Å². The average Bonchev–Trinajstić information content (AvgIpc) is 2.41. The highest BCUT2D eigenvalue weighted by molar-refractivity contribution is 6.41. The van der Waals surface area contributed by atoms with E-state index < -0.39 is 11.4 Å². The Kier molecular flexibility index (Phi) is 3.84. The highest BCUT2D eigenvalue weighted by atomic mass is 35.5. The second kappa shape index (κ2) is 5.39. The number of aromatic nitrogens is 2. The molecule has 2 rings (SSSR count). The lowest BCUT2D eigenvalue weighted by atomic mass is 10.1. The lowest BCUT2D eigenvalue weighted by molar-refractivity contribution is 0.572. The van der Waals surface area contributed by atoms with Crippen molar-refractivity contribution in [2.24, 2.45) is 0 Å². The minimum absolute atomic E-state index is 0.0363. The van der Waals surface area contributed by atoms with Crippen molar-refractivity contribution in [3.63, 3.8) is 0 Å². The summed E-state index contributed by atoms with van der Waals surface area (Å²) in [6.45, 7) is -0.128. The average molecular weight is 298 g/mol. The lowest BCUT2D eigenvalue weighted by Crippen LogP contribution is -2.24. The third-order valence-corrected chi connectivity index (χ3v) is 3.19. The second-order valence-electron chi connectivity index (χ2n) is 3.69. The zero-order valence-corrected chi connectivity index (χ0v) is 10.9. The van der Waals surface area contributed by atoms with E-state index in [0.717, 1.165) is 10.7 Å². The van der Waals surface area contributed by atoms with Gasteiger partial charge < -0.3 is 0 Å². The van der Waals surface area contributed by atoms with Gasteiger partial charge in [0.15, 0.2) is 0 Å². The minimum Gasteiger partial charge on any atom is -0.266 e. The summed E-state index contributed by atoms with van der Waals surface area (Å²) >= 11 is 11.3. The van der Waals surface area contributed by atoms with Crippen molar-refractivity contribution in [2.75, 3.05) is 0 Å². The third kappa shape index (κ3) is 2.75. The maximum absolute atomic E-state index is 13.6. The Hall–Kier alpha value is -1.90. The molecule has 96 valence electrons. The Morgan fingerprint density at radius 1 is 1.42 bits per heavy atom. The molecular weight excluding hydrogens is 292 g/mol. The summed E-state index contributed by atoms with van der Waals surface area (Å²) < 4.78 is 14.6. The Morgan fingerprint density at radius 2 is 2.16 bits per heavy atom. The van der Waals surface area contributed by atoms with E-state index in [-0.39, 0.29) is 22.2 Å². The first-order valence-corrected chi connectivity index (χ1v) is 5.88. The molecule has 1 aromatic carbocycles. The molecule has 0 aliphatic carbocycles. The molecule has 0 aliphatic rings. The summed E-state index contributed by atoms with van der Waals surface area (Å²) in [7, 11) is 0. The first kappa shape index (κ1) is 13.5. The monoisotopic (exact) mass is 297 g/mol. The number of halogens is 3. The maximum atomic E-state index is 13.6. The van der Waals surface area contributed by atoms with Crippen LogP contribution in [0.25, 0.3) is 0 Å². The van der Waals surface area contributed by atoms with E-state index in [1.807, 2.05) is 6.07 Å². The van der Waals surface area contributed by atoms with Crippen LogP contribution in [0.1, 0.15) is 11.1 Å². The Morgan fingerprint density at radius 3 is 2.84 bits per heavy atom. The molecule has 0 saturated carbocycles. The standard InChI is InChI=1S/C12H6Cl2FN3O/c13-9-5-17-18(12(19)11(9)14)6-8-3-7(4-16)1-2-10(8)15/h1-3,5H,6H2. The predicted octanol–water partition coefficient (Wildman–Crippen LogP) is 2.61. The Labute approximate surface area is 117 Å². The van der Waals surface area contributed by atoms with Gasteiger partial charge in [-0.3, -0.25) is 4.79 Å². The molecule has 0 bridgehead atoms. The van der Waals surface area contributed by atoms with Gasteiger partial charge in [-0.2, -0.15) is 10.4 Å². The summed E-state index contributed by atoms with van der Waals surface area (Å²) in [5.41, 5.74) is -0.146. The molecule has 19 heavy (non-hydrogen) atoms. The van der Waals surface area contributed by atoms with Crippen molar-refractivity contribution in [3.05, 3.63) is 61.7 Å². The molecule has 0 N–H and O–H groups in total. The second-order valence-corrected chi connectivity index (χ2v) is 4.47. The highest BCUT2D eigenvalue weighted by Gasteiger charge is 2.10. The van der Waals surface area contributed by atoms with E-state index in [1.54, 1.807) is 0 Å². The molecule has 2 aromatic rings. The van der Waals surface area contributed by atoms with Gasteiger partial charge in [-0.1, -0.05) is 23.2 Å². The molecule has 0 spiro atoms. The van der Waals surface area contributed by atoms with E-state index in [4.69, 9.17) is 28.5 Å². The molecule has 0 radical (unpaired) electrons. The SMILES string of the molecule is N#Cc1ccc(F)c(Cn2ncc(Cl)c(Cl)c2=O)c1. The fourth-order valence-electron chi connectivity index (χ4n) is 1.48. The number of benzene rings is 1. The van der Waals surface area contributed by atoms with Crippen LogP contribution in [0.2, 0.25) is 10.0 Å². The van der Waals surface area contributed by atoms with Crippen LogP contribution in [0.15, 0.2) is 29.2 Å². The molecular formula is C12H6Cl2FN3O. The topological polar surface area (TPSA) is 58.7 Å². The quantitative estimate of drug-likeness (QED) is 0.856. The summed E-state index contributed by atoms with van der Waals surface area (Å²) in [6.07, 6.45) is 1.21. The molecule has 1 aromatic heterocycles. The van der Waals surface area contributed by atoms with Gasteiger partial charge in [0.2, 0.25) is 0 Å². The van der Waals surface area contributed by atoms with Gasteiger partial charge in [0, 0.05) is 5.56 Å². The molecule has 0 atom stereocenters. The fourth-order valence-corrected chi connectivity index (χ4v) is 1.76. The largest absolute Gasteiger partial charge is 0.287 e. The first-order valence-electron chi connectivity index (χ1n) is 5.12. The van der Waals surface area contributed by atoms with Crippen molar-refractivity contribution in [3.8, 4) is 6.07 Å². The van der Waals surface area contributed by atoms with Crippen LogP contribution in [0.4, 0.5) is 4.39 Å². The number of hydrogen-bond acceptors (Lipinski definition) is 3. The van der Waals surface area contributed by atoms with Gasteiger partial charge >= 0.3 is 0 Å². The summed E-state index contributed by atoms with van der Waals surface area (Å²) in [5.74, 6) is -0.529. The number of hydrogen-bond donors (Lipinski definition) is 0. The van der Waals surface area contributed by atoms with Gasteiger partial charge in [0.05, 0.1) is 29.4 Å².